The highest BCUT2D eigenvalue weighted by Gasteiger charge is 2.16. The molecule has 1 unspecified atom stereocenters. The Hall–Kier alpha value is -1.45. The van der Waals surface area contributed by atoms with Crippen molar-refractivity contribution in [3.63, 3.8) is 0 Å². The smallest absolute Gasteiger partial charge is 0.148 e. The molecule has 84 valence electrons. The first-order valence-corrected chi connectivity index (χ1v) is 5.18. The van der Waals surface area contributed by atoms with Crippen LogP contribution in [0.3, 0.4) is 0 Å². The second-order valence-electron chi connectivity index (χ2n) is 4.09. The van der Waals surface area contributed by atoms with Gasteiger partial charge < -0.3 is 11.1 Å². The molecule has 4 nitrogen and oxygen atoms in total. The maximum Gasteiger partial charge on any atom is 0.148 e. The lowest BCUT2D eigenvalue weighted by Crippen LogP contribution is -2.15. The lowest BCUT2D eigenvalue weighted by Gasteiger charge is -2.11. The number of nitrogen functional groups attached to an aromatic ring is 1. The third-order valence-corrected chi connectivity index (χ3v) is 2.38. The van der Waals surface area contributed by atoms with E-state index in [9.17, 15) is 0 Å². The zero-order valence-electron chi connectivity index (χ0n) is 9.91. The fourth-order valence-corrected chi connectivity index (χ4v) is 1.43. The van der Waals surface area contributed by atoms with Gasteiger partial charge in [0.05, 0.1) is 11.4 Å². The highest BCUT2D eigenvalue weighted by Crippen LogP contribution is 2.27. The Balaban J connectivity index is 3.02. The molecule has 0 radical (unpaired) electrons. The molecule has 0 saturated carbocycles. The largest absolute Gasteiger partial charge is 0.394 e. The van der Waals surface area contributed by atoms with Crippen molar-refractivity contribution in [2.24, 2.45) is 7.05 Å². The van der Waals surface area contributed by atoms with E-state index in [0.717, 1.165) is 17.2 Å². The Morgan fingerprint density at radius 3 is 2.47 bits per heavy atom. The minimum Gasteiger partial charge on any atom is -0.394 e. The van der Waals surface area contributed by atoms with E-state index in [0.29, 0.717) is 5.92 Å². The molecule has 0 bridgehead atoms. The van der Waals surface area contributed by atoms with Gasteiger partial charge in [-0.15, -0.1) is 6.58 Å². The van der Waals surface area contributed by atoms with E-state index in [1.165, 1.54) is 0 Å². The van der Waals surface area contributed by atoms with Crippen LogP contribution in [0.5, 0.6) is 0 Å². The summed E-state index contributed by atoms with van der Waals surface area (Å²) in [7, 11) is 1.89. The second kappa shape index (κ2) is 4.38. The maximum absolute atomic E-state index is 6.03. The van der Waals surface area contributed by atoms with Gasteiger partial charge in [0.1, 0.15) is 5.82 Å². The fourth-order valence-electron chi connectivity index (χ4n) is 1.43. The average Bonchev–Trinajstić information content (AvgIpc) is 2.45. The summed E-state index contributed by atoms with van der Waals surface area (Å²) in [5.74, 6) is 1.21. The zero-order valence-corrected chi connectivity index (χ0v) is 9.91. The maximum atomic E-state index is 6.03. The molecule has 1 aromatic heterocycles. The van der Waals surface area contributed by atoms with Crippen molar-refractivity contribution in [2.45, 2.75) is 32.7 Å². The zero-order chi connectivity index (χ0) is 11.6. The van der Waals surface area contributed by atoms with Crippen LogP contribution in [0, 0.1) is 0 Å². The highest BCUT2D eigenvalue weighted by atomic mass is 15.3. The summed E-state index contributed by atoms with van der Waals surface area (Å²) in [5, 5.41) is 7.65. The number of rotatable bonds is 4. The van der Waals surface area contributed by atoms with Gasteiger partial charge in [-0.2, -0.15) is 5.10 Å². The van der Waals surface area contributed by atoms with Crippen LogP contribution in [-0.4, -0.2) is 15.8 Å². The average molecular weight is 208 g/mol. The topological polar surface area (TPSA) is 55.9 Å². The Labute approximate surface area is 91.2 Å². The molecule has 1 aromatic rings. The SMILES string of the molecule is C=CC(C)Nc1c(N)c(C(C)C)nn1C. The molecule has 3 N–H and O–H groups in total. The molecule has 0 aliphatic heterocycles. The van der Waals surface area contributed by atoms with E-state index >= 15 is 0 Å². The number of hydrogen-bond acceptors (Lipinski definition) is 3. The normalized spacial score (nSPS) is 12.9. The molecule has 0 aromatic carbocycles. The van der Waals surface area contributed by atoms with Crippen molar-refractivity contribution in [3.8, 4) is 0 Å². The molecule has 0 amide bonds. The number of aryl methyl sites for hydroxylation is 1. The van der Waals surface area contributed by atoms with Crippen molar-refractivity contribution in [2.75, 3.05) is 11.1 Å². The second-order valence-corrected chi connectivity index (χ2v) is 4.09. The number of hydrogen-bond donors (Lipinski definition) is 2. The fraction of sp³-hybridized carbons (Fsp3) is 0.545. The van der Waals surface area contributed by atoms with Crippen LogP contribution in [0.15, 0.2) is 12.7 Å². The molecule has 0 saturated heterocycles. The Morgan fingerprint density at radius 1 is 1.47 bits per heavy atom. The van der Waals surface area contributed by atoms with Gasteiger partial charge in [0.2, 0.25) is 0 Å². The van der Waals surface area contributed by atoms with Crippen molar-refractivity contribution in [3.05, 3.63) is 18.3 Å². The summed E-state index contributed by atoms with van der Waals surface area (Å²) in [5.41, 5.74) is 7.71. The number of anilines is 2. The van der Waals surface area contributed by atoms with Gasteiger partial charge in [0, 0.05) is 13.1 Å². The molecule has 4 heteroatoms. The molecule has 1 atom stereocenters. The lowest BCUT2D eigenvalue weighted by atomic mass is 10.1. The van der Waals surface area contributed by atoms with Crippen LogP contribution in [0.25, 0.3) is 0 Å². The Morgan fingerprint density at radius 2 is 2.07 bits per heavy atom. The summed E-state index contributed by atoms with van der Waals surface area (Å²) in [6.45, 7) is 9.91. The number of aromatic nitrogens is 2. The lowest BCUT2D eigenvalue weighted by molar-refractivity contribution is 0.713. The van der Waals surface area contributed by atoms with Crippen molar-refractivity contribution in [1.29, 1.82) is 0 Å². The van der Waals surface area contributed by atoms with Gasteiger partial charge >= 0.3 is 0 Å². The van der Waals surface area contributed by atoms with Crippen LogP contribution in [0.4, 0.5) is 11.5 Å². The number of nitrogens with two attached hydrogens (primary N) is 1. The standard InChI is InChI=1S/C11H20N4/c1-6-8(4)13-11-9(12)10(7(2)3)14-15(11)5/h6-8,13H,1,12H2,2-5H3. The molecule has 0 fully saturated rings. The van der Waals surface area contributed by atoms with Gasteiger partial charge in [-0.1, -0.05) is 19.9 Å². The van der Waals surface area contributed by atoms with E-state index in [4.69, 9.17) is 5.73 Å². The summed E-state index contributed by atoms with van der Waals surface area (Å²) in [6, 6.07) is 0.183. The third kappa shape index (κ3) is 2.32. The minimum atomic E-state index is 0.183. The Bertz CT molecular complexity index is 352. The van der Waals surface area contributed by atoms with Crippen LogP contribution in [-0.2, 0) is 7.05 Å². The Kier molecular flexibility index (Phi) is 3.39. The highest BCUT2D eigenvalue weighted by molar-refractivity contribution is 5.66. The molecule has 1 rings (SSSR count). The summed E-state index contributed by atoms with van der Waals surface area (Å²) in [4.78, 5) is 0. The van der Waals surface area contributed by atoms with E-state index < -0.39 is 0 Å². The quantitative estimate of drug-likeness (QED) is 0.745. The van der Waals surface area contributed by atoms with Gasteiger partial charge in [-0.05, 0) is 12.8 Å². The van der Waals surface area contributed by atoms with Gasteiger partial charge in [-0.25, -0.2) is 0 Å². The predicted molar refractivity (Wildman–Crippen MR) is 65.0 cm³/mol. The van der Waals surface area contributed by atoms with Gasteiger partial charge in [0.15, 0.2) is 0 Å². The van der Waals surface area contributed by atoms with Crippen molar-refractivity contribution < 1.29 is 0 Å². The molecule has 15 heavy (non-hydrogen) atoms. The molecule has 0 aliphatic rings. The van der Waals surface area contributed by atoms with E-state index in [2.05, 4.69) is 30.8 Å². The van der Waals surface area contributed by atoms with Crippen LogP contribution in [0.2, 0.25) is 0 Å². The first-order chi connectivity index (χ1) is 6.97. The minimum absolute atomic E-state index is 0.183. The first-order valence-electron chi connectivity index (χ1n) is 5.18. The number of nitrogens with zero attached hydrogens (tertiary/aromatic N) is 2. The molecular weight excluding hydrogens is 188 g/mol. The van der Waals surface area contributed by atoms with Crippen LogP contribution in [0.1, 0.15) is 32.4 Å². The summed E-state index contributed by atoms with van der Waals surface area (Å²) >= 11 is 0. The summed E-state index contributed by atoms with van der Waals surface area (Å²) in [6.07, 6.45) is 1.83. The summed E-state index contributed by atoms with van der Waals surface area (Å²) < 4.78 is 1.78. The van der Waals surface area contributed by atoms with Gasteiger partial charge in [-0.3, -0.25) is 4.68 Å². The van der Waals surface area contributed by atoms with Crippen molar-refractivity contribution in [1.82, 2.24) is 9.78 Å². The third-order valence-electron chi connectivity index (χ3n) is 2.38. The van der Waals surface area contributed by atoms with E-state index in [1.807, 2.05) is 20.0 Å². The van der Waals surface area contributed by atoms with Crippen LogP contribution < -0.4 is 11.1 Å². The number of nitrogens with one attached hydrogen (secondary N) is 1. The first kappa shape index (κ1) is 11.6. The molecule has 1 heterocycles. The molecule has 0 aliphatic carbocycles. The van der Waals surface area contributed by atoms with Gasteiger partial charge in [0.25, 0.3) is 0 Å². The monoisotopic (exact) mass is 208 g/mol. The van der Waals surface area contributed by atoms with E-state index in [1.54, 1.807) is 4.68 Å². The molecule has 0 spiro atoms. The van der Waals surface area contributed by atoms with E-state index in [-0.39, 0.29) is 6.04 Å². The van der Waals surface area contributed by atoms with Crippen LogP contribution >= 0.6 is 0 Å². The van der Waals surface area contributed by atoms with Crippen molar-refractivity contribution >= 4 is 11.5 Å². The predicted octanol–water partition coefficient (Wildman–Crippen LogP) is 2.11. The molecular formula is C11H20N4.